The Bertz CT molecular complexity index is 536. The van der Waals surface area contributed by atoms with Gasteiger partial charge in [-0.2, -0.15) is 0 Å². The van der Waals surface area contributed by atoms with Crippen LogP contribution in [0.15, 0.2) is 23.1 Å². The number of hydrogen-bond donors (Lipinski definition) is 1. The van der Waals surface area contributed by atoms with Gasteiger partial charge in [0.2, 0.25) is 10.0 Å². The number of benzene rings is 1. The van der Waals surface area contributed by atoms with Crippen molar-refractivity contribution < 1.29 is 8.42 Å². The first-order valence-corrected chi connectivity index (χ1v) is 7.65. The minimum atomic E-state index is -3.37. The van der Waals surface area contributed by atoms with Crippen LogP contribution in [0.4, 0.5) is 0 Å². The predicted octanol–water partition coefficient (Wildman–Crippen LogP) is 1.48. The van der Waals surface area contributed by atoms with Crippen molar-refractivity contribution in [2.45, 2.75) is 31.2 Å². The maximum Gasteiger partial charge on any atom is 0.242 e. The lowest BCUT2D eigenvalue weighted by atomic mass is 10.1. The average Bonchev–Trinajstić information content (AvgIpc) is 3.13. The highest BCUT2D eigenvalue weighted by Gasteiger charge is 2.29. The van der Waals surface area contributed by atoms with E-state index in [4.69, 9.17) is 5.73 Å². The van der Waals surface area contributed by atoms with Crippen LogP contribution in [-0.2, 0) is 16.6 Å². The second kappa shape index (κ2) is 4.99. The molecule has 5 heteroatoms. The molecule has 2 N–H and O–H groups in total. The average molecular weight is 268 g/mol. The van der Waals surface area contributed by atoms with E-state index in [-0.39, 0.29) is 0 Å². The molecule has 100 valence electrons. The Hall–Kier alpha value is -0.910. The zero-order valence-corrected chi connectivity index (χ0v) is 11.7. The number of hydrogen-bond acceptors (Lipinski definition) is 3. The summed E-state index contributed by atoms with van der Waals surface area (Å²) in [4.78, 5) is 0.344. The van der Waals surface area contributed by atoms with Gasteiger partial charge >= 0.3 is 0 Å². The number of aryl methyl sites for hydroxylation is 1. The topological polar surface area (TPSA) is 63.4 Å². The summed E-state index contributed by atoms with van der Waals surface area (Å²) in [6.45, 7) is 2.92. The maximum absolute atomic E-state index is 12.4. The van der Waals surface area contributed by atoms with Gasteiger partial charge in [0, 0.05) is 20.1 Å². The summed E-state index contributed by atoms with van der Waals surface area (Å²) in [6.07, 6.45) is 2.28. The molecule has 0 unspecified atom stereocenters. The van der Waals surface area contributed by atoms with Crippen molar-refractivity contribution in [2.24, 2.45) is 11.7 Å². The van der Waals surface area contributed by atoms with E-state index in [1.54, 1.807) is 19.2 Å². The highest BCUT2D eigenvalue weighted by Crippen LogP contribution is 2.31. The third-order valence-corrected chi connectivity index (χ3v) is 5.28. The van der Waals surface area contributed by atoms with Gasteiger partial charge in [-0.1, -0.05) is 6.07 Å². The Morgan fingerprint density at radius 3 is 2.61 bits per heavy atom. The second-order valence-corrected chi connectivity index (χ2v) is 7.07. The standard InChI is InChI=1S/C13H20N2O2S/c1-10-3-6-13(7-12(10)8-14)18(16,17)15(2)9-11-4-5-11/h3,6-7,11H,4-5,8-9,14H2,1-2H3. The van der Waals surface area contributed by atoms with Gasteiger partial charge in [-0.05, 0) is 48.9 Å². The van der Waals surface area contributed by atoms with Crippen molar-refractivity contribution in [2.75, 3.05) is 13.6 Å². The molecule has 1 fully saturated rings. The largest absolute Gasteiger partial charge is 0.326 e. The molecular formula is C13H20N2O2S. The Kier molecular flexibility index (Phi) is 3.75. The molecule has 1 aliphatic carbocycles. The molecule has 0 amide bonds. The van der Waals surface area contributed by atoms with Crippen LogP contribution in [0, 0.1) is 12.8 Å². The van der Waals surface area contributed by atoms with Gasteiger partial charge in [-0.25, -0.2) is 12.7 Å². The zero-order valence-electron chi connectivity index (χ0n) is 10.9. The minimum Gasteiger partial charge on any atom is -0.326 e. The van der Waals surface area contributed by atoms with E-state index in [1.165, 1.54) is 4.31 Å². The van der Waals surface area contributed by atoms with Crippen LogP contribution < -0.4 is 5.73 Å². The van der Waals surface area contributed by atoms with E-state index in [2.05, 4.69) is 0 Å². The van der Waals surface area contributed by atoms with Crippen LogP contribution in [0.3, 0.4) is 0 Å². The van der Waals surface area contributed by atoms with Crippen LogP contribution in [0.2, 0.25) is 0 Å². The highest BCUT2D eigenvalue weighted by molar-refractivity contribution is 7.89. The fourth-order valence-electron chi connectivity index (χ4n) is 1.97. The van der Waals surface area contributed by atoms with Crippen LogP contribution in [-0.4, -0.2) is 26.3 Å². The highest BCUT2D eigenvalue weighted by atomic mass is 32.2. The molecule has 4 nitrogen and oxygen atoms in total. The van der Waals surface area contributed by atoms with E-state index in [0.29, 0.717) is 23.9 Å². The summed E-state index contributed by atoms with van der Waals surface area (Å²) in [6, 6.07) is 5.17. The smallest absolute Gasteiger partial charge is 0.242 e. The molecule has 2 rings (SSSR count). The molecule has 0 radical (unpaired) electrons. The summed E-state index contributed by atoms with van der Waals surface area (Å²) in [5, 5.41) is 0. The van der Waals surface area contributed by atoms with Gasteiger partial charge in [0.05, 0.1) is 4.90 Å². The fraction of sp³-hybridized carbons (Fsp3) is 0.538. The molecule has 1 aromatic carbocycles. The van der Waals surface area contributed by atoms with Crippen molar-refractivity contribution in [3.63, 3.8) is 0 Å². The van der Waals surface area contributed by atoms with Crippen molar-refractivity contribution in [1.82, 2.24) is 4.31 Å². The maximum atomic E-state index is 12.4. The molecule has 1 aliphatic rings. The normalized spacial score (nSPS) is 16.2. The quantitative estimate of drug-likeness (QED) is 0.880. The van der Waals surface area contributed by atoms with Crippen LogP contribution in [0.5, 0.6) is 0 Å². The van der Waals surface area contributed by atoms with Gasteiger partial charge in [-0.15, -0.1) is 0 Å². The first kappa shape index (κ1) is 13.5. The van der Waals surface area contributed by atoms with E-state index in [9.17, 15) is 8.42 Å². The number of nitrogens with two attached hydrogens (primary N) is 1. The third-order valence-electron chi connectivity index (χ3n) is 3.46. The Balaban J connectivity index is 2.27. The predicted molar refractivity (Wildman–Crippen MR) is 71.6 cm³/mol. The third kappa shape index (κ3) is 2.74. The van der Waals surface area contributed by atoms with E-state index >= 15 is 0 Å². The molecule has 0 atom stereocenters. The molecule has 0 saturated heterocycles. The minimum absolute atomic E-state index is 0.344. The molecule has 0 heterocycles. The molecule has 0 aliphatic heterocycles. The van der Waals surface area contributed by atoms with Crippen molar-refractivity contribution >= 4 is 10.0 Å². The molecule has 1 saturated carbocycles. The summed E-state index contributed by atoms with van der Waals surface area (Å²) in [7, 11) is -1.72. The van der Waals surface area contributed by atoms with Crippen molar-refractivity contribution in [3.05, 3.63) is 29.3 Å². The van der Waals surface area contributed by atoms with E-state index in [0.717, 1.165) is 24.0 Å². The monoisotopic (exact) mass is 268 g/mol. The van der Waals surface area contributed by atoms with Crippen LogP contribution >= 0.6 is 0 Å². The molecule has 18 heavy (non-hydrogen) atoms. The summed E-state index contributed by atoms with van der Waals surface area (Å²) in [5.74, 6) is 0.546. The summed E-state index contributed by atoms with van der Waals surface area (Å²) >= 11 is 0. The van der Waals surface area contributed by atoms with Gasteiger partial charge < -0.3 is 5.73 Å². The lowest BCUT2D eigenvalue weighted by molar-refractivity contribution is 0.453. The summed E-state index contributed by atoms with van der Waals surface area (Å²) in [5.41, 5.74) is 7.54. The van der Waals surface area contributed by atoms with Gasteiger partial charge in [0.1, 0.15) is 0 Å². The Morgan fingerprint density at radius 1 is 1.39 bits per heavy atom. The molecule has 1 aromatic rings. The van der Waals surface area contributed by atoms with Gasteiger partial charge in [0.25, 0.3) is 0 Å². The van der Waals surface area contributed by atoms with E-state index in [1.807, 2.05) is 13.0 Å². The van der Waals surface area contributed by atoms with Gasteiger partial charge in [0.15, 0.2) is 0 Å². The van der Waals surface area contributed by atoms with Crippen molar-refractivity contribution in [1.29, 1.82) is 0 Å². The number of sulfonamides is 1. The van der Waals surface area contributed by atoms with Crippen molar-refractivity contribution in [3.8, 4) is 0 Å². The lowest BCUT2D eigenvalue weighted by Gasteiger charge is -2.17. The number of nitrogens with zero attached hydrogens (tertiary/aromatic N) is 1. The summed E-state index contributed by atoms with van der Waals surface area (Å²) < 4.78 is 26.2. The number of rotatable bonds is 5. The Labute approximate surface area is 109 Å². The Morgan fingerprint density at radius 2 is 2.06 bits per heavy atom. The van der Waals surface area contributed by atoms with E-state index < -0.39 is 10.0 Å². The SMILES string of the molecule is Cc1ccc(S(=O)(=O)N(C)CC2CC2)cc1CN. The van der Waals surface area contributed by atoms with Crippen LogP contribution in [0.25, 0.3) is 0 Å². The first-order valence-electron chi connectivity index (χ1n) is 6.21. The fourth-order valence-corrected chi connectivity index (χ4v) is 3.27. The zero-order chi connectivity index (χ0) is 13.3. The molecule has 0 aromatic heterocycles. The van der Waals surface area contributed by atoms with Crippen LogP contribution in [0.1, 0.15) is 24.0 Å². The first-order chi connectivity index (χ1) is 8.45. The molecule has 0 spiro atoms. The van der Waals surface area contributed by atoms with Gasteiger partial charge in [-0.3, -0.25) is 0 Å². The molecule has 0 bridgehead atoms. The second-order valence-electron chi connectivity index (χ2n) is 5.02. The molecular weight excluding hydrogens is 248 g/mol. The lowest BCUT2D eigenvalue weighted by Crippen LogP contribution is -2.29.